The molecule has 3 heterocycles. The third-order valence-electron chi connectivity index (χ3n) is 4.30. The molecule has 0 aliphatic carbocycles. The Balaban J connectivity index is 1.67. The second kappa shape index (κ2) is 7.76. The molecular weight excluding hydrogens is 396 g/mol. The number of H-pyrrole nitrogens is 1. The molecule has 3 aromatic heterocycles. The number of benzene rings is 1. The number of hydrogen-bond donors (Lipinski definition) is 1. The van der Waals surface area contributed by atoms with Crippen LogP contribution < -0.4 is 15.0 Å². The van der Waals surface area contributed by atoms with Crippen molar-refractivity contribution in [2.45, 2.75) is 24.1 Å². The summed E-state index contributed by atoms with van der Waals surface area (Å²) in [6, 6.07) is 5.49. The second-order valence-corrected chi connectivity index (χ2v) is 8.07. The van der Waals surface area contributed by atoms with Crippen molar-refractivity contribution in [2.75, 3.05) is 14.2 Å². The number of methoxy groups -OCH3 is 2. The van der Waals surface area contributed by atoms with E-state index in [1.54, 1.807) is 36.9 Å². The maximum absolute atomic E-state index is 12.5. The predicted octanol–water partition coefficient (Wildman–Crippen LogP) is 3.80. The quantitative estimate of drug-likeness (QED) is 0.379. The van der Waals surface area contributed by atoms with E-state index in [4.69, 9.17) is 9.47 Å². The van der Waals surface area contributed by atoms with Crippen molar-refractivity contribution in [3.8, 4) is 11.5 Å². The van der Waals surface area contributed by atoms with Crippen LogP contribution in [0.15, 0.2) is 34.3 Å². The number of rotatable bonds is 6. The molecule has 0 amide bonds. The number of thiophene rings is 1. The van der Waals surface area contributed by atoms with Crippen LogP contribution in [0.3, 0.4) is 0 Å². The number of aromatic nitrogens is 4. The van der Waals surface area contributed by atoms with Gasteiger partial charge in [-0.05, 0) is 18.6 Å². The van der Waals surface area contributed by atoms with E-state index < -0.39 is 0 Å². The maximum Gasteiger partial charge on any atom is 0.258 e. The normalized spacial score (nSPS) is 11.2. The number of fused-ring (bicyclic) bond motifs is 2. The van der Waals surface area contributed by atoms with Crippen LogP contribution in [0.25, 0.3) is 21.1 Å². The lowest BCUT2D eigenvalue weighted by atomic mass is 10.2. The molecule has 7 nitrogen and oxygen atoms in total. The summed E-state index contributed by atoms with van der Waals surface area (Å²) in [6.45, 7) is 2.12. The first-order valence-corrected chi connectivity index (χ1v) is 10.4. The minimum Gasteiger partial charge on any atom is -0.493 e. The van der Waals surface area contributed by atoms with E-state index in [2.05, 4.69) is 32.9 Å². The Kier molecular flexibility index (Phi) is 5.19. The lowest BCUT2D eigenvalue weighted by Crippen LogP contribution is -2.11. The molecule has 0 aliphatic heterocycles. The van der Waals surface area contributed by atoms with Crippen molar-refractivity contribution in [3.05, 3.63) is 45.6 Å². The summed E-state index contributed by atoms with van der Waals surface area (Å²) in [5.41, 5.74) is 0.354. The Labute approximate surface area is 169 Å². The summed E-state index contributed by atoms with van der Waals surface area (Å²) in [5, 5.41) is 2.39. The van der Waals surface area contributed by atoms with Gasteiger partial charge in [0.25, 0.3) is 5.56 Å². The molecule has 0 saturated heterocycles. The molecule has 1 aromatic carbocycles. The van der Waals surface area contributed by atoms with E-state index in [0.717, 1.165) is 21.7 Å². The van der Waals surface area contributed by atoms with Crippen molar-refractivity contribution in [1.29, 1.82) is 0 Å². The van der Waals surface area contributed by atoms with Gasteiger partial charge >= 0.3 is 0 Å². The first kappa shape index (κ1) is 18.7. The summed E-state index contributed by atoms with van der Waals surface area (Å²) >= 11 is 3.21. The summed E-state index contributed by atoms with van der Waals surface area (Å²) in [5.74, 6) is 2.10. The number of nitrogens with one attached hydrogen (secondary N) is 1. The third kappa shape index (κ3) is 3.43. The molecule has 0 atom stereocenters. The molecule has 9 heteroatoms. The van der Waals surface area contributed by atoms with E-state index in [0.29, 0.717) is 34.0 Å². The van der Waals surface area contributed by atoms with Crippen molar-refractivity contribution in [1.82, 2.24) is 19.9 Å². The summed E-state index contributed by atoms with van der Waals surface area (Å²) in [6.07, 6.45) is 2.55. The van der Waals surface area contributed by atoms with Crippen molar-refractivity contribution < 1.29 is 9.47 Å². The largest absolute Gasteiger partial charge is 0.493 e. The van der Waals surface area contributed by atoms with Gasteiger partial charge in [-0.2, -0.15) is 0 Å². The Hall–Kier alpha value is -2.65. The molecule has 0 fully saturated rings. The number of hydrogen-bond acceptors (Lipinski definition) is 8. The minimum atomic E-state index is -0.210. The van der Waals surface area contributed by atoms with E-state index >= 15 is 0 Å². The zero-order valence-corrected chi connectivity index (χ0v) is 17.2. The van der Waals surface area contributed by atoms with Crippen LogP contribution >= 0.6 is 23.1 Å². The molecule has 4 rings (SSSR count). The van der Waals surface area contributed by atoms with Gasteiger partial charge in [0.1, 0.15) is 22.0 Å². The average Bonchev–Trinajstić information content (AvgIpc) is 3.15. The zero-order valence-electron chi connectivity index (χ0n) is 15.6. The Bertz CT molecular complexity index is 1220. The second-order valence-electron chi connectivity index (χ2n) is 5.99. The lowest BCUT2D eigenvalue weighted by Gasteiger charge is -2.09. The minimum absolute atomic E-state index is 0.210. The van der Waals surface area contributed by atoms with Crippen LogP contribution in [0.1, 0.15) is 17.6 Å². The molecule has 0 radical (unpaired) electrons. The van der Waals surface area contributed by atoms with Crippen LogP contribution in [-0.2, 0) is 12.2 Å². The fourth-order valence-corrected chi connectivity index (χ4v) is 4.73. The van der Waals surface area contributed by atoms with Crippen LogP contribution in [0, 0.1) is 0 Å². The Morgan fingerprint density at radius 2 is 1.89 bits per heavy atom. The molecule has 28 heavy (non-hydrogen) atoms. The van der Waals surface area contributed by atoms with Crippen molar-refractivity contribution >= 4 is 44.2 Å². The van der Waals surface area contributed by atoms with Crippen molar-refractivity contribution in [2.24, 2.45) is 0 Å². The zero-order chi connectivity index (χ0) is 19.7. The molecule has 0 aliphatic rings. The van der Waals surface area contributed by atoms with E-state index in [1.165, 1.54) is 23.7 Å². The SMILES string of the molecule is CCc1cc2c(SCc3nc4cc(OC)c(OC)cc4c(=O)[nH]3)ncnc2s1. The predicted molar refractivity (Wildman–Crippen MR) is 112 cm³/mol. The Morgan fingerprint density at radius 1 is 1.11 bits per heavy atom. The number of nitrogens with zero attached hydrogens (tertiary/aromatic N) is 3. The fourth-order valence-electron chi connectivity index (χ4n) is 2.89. The number of ether oxygens (including phenoxy) is 2. The Morgan fingerprint density at radius 3 is 2.64 bits per heavy atom. The molecule has 4 aromatic rings. The van der Waals surface area contributed by atoms with Crippen LogP contribution in [0.4, 0.5) is 0 Å². The highest BCUT2D eigenvalue weighted by Crippen LogP contribution is 2.33. The first-order chi connectivity index (χ1) is 13.6. The molecule has 144 valence electrons. The average molecular weight is 415 g/mol. The molecule has 0 unspecified atom stereocenters. The highest BCUT2D eigenvalue weighted by molar-refractivity contribution is 7.98. The van der Waals surface area contributed by atoms with Gasteiger partial charge < -0.3 is 14.5 Å². The molecule has 0 spiro atoms. The van der Waals surface area contributed by atoms with E-state index in [-0.39, 0.29) is 5.56 Å². The smallest absolute Gasteiger partial charge is 0.258 e. The van der Waals surface area contributed by atoms with Gasteiger partial charge in [0.05, 0.1) is 30.9 Å². The number of aryl methyl sites for hydroxylation is 1. The fraction of sp³-hybridized carbons (Fsp3) is 0.263. The van der Waals surface area contributed by atoms with Gasteiger partial charge in [0.15, 0.2) is 11.5 Å². The van der Waals surface area contributed by atoms with Gasteiger partial charge in [-0.25, -0.2) is 15.0 Å². The monoisotopic (exact) mass is 414 g/mol. The highest BCUT2D eigenvalue weighted by Gasteiger charge is 2.13. The first-order valence-electron chi connectivity index (χ1n) is 8.64. The highest BCUT2D eigenvalue weighted by atomic mass is 32.2. The van der Waals surface area contributed by atoms with E-state index in [9.17, 15) is 4.79 Å². The summed E-state index contributed by atoms with van der Waals surface area (Å²) < 4.78 is 10.6. The van der Waals surface area contributed by atoms with Gasteiger partial charge in [-0.1, -0.05) is 18.7 Å². The number of aromatic amines is 1. The van der Waals surface area contributed by atoms with Crippen LogP contribution in [-0.4, -0.2) is 34.2 Å². The van der Waals surface area contributed by atoms with Gasteiger partial charge in [0.2, 0.25) is 0 Å². The third-order valence-corrected chi connectivity index (χ3v) is 6.50. The van der Waals surface area contributed by atoms with Crippen LogP contribution in [0.2, 0.25) is 0 Å². The number of thioether (sulfide) groups is 1. The molecule has 0 saturated carbocycles. The maximum atomic E-state index is 12.5. The van der Waals surface area contributed by atoms with Crippen LogP contribution in [0.5, 0.6) is 11.5 Å². The standard InChI is InChI=1S/C19H18N4O3S2/c1-4-10-5-12-18(20-9-21-19(12)28-10)27-8-16-22-13-7-15(26-3)14(25-2)6-11(13)17(24)23-16/h5-7,9H,4,8H2,1-3H3,(H,22,23,24). The van der Waals surface area contributed by atoms with Gasteiger partial charge in [0, 0.05) is 16.3 Å². The molecular formula is C19H18N4O3S2. The summed E-state index contributed by atoms with van der Waals surface area (Å²) in [7, 11) is 3.09. The summed E-state index contributed by atoms with van der Waals surface area (Å²) in [4.78, 5) is 31.0. The van der Waals surface area contributed by atoms with Gasteiger partial charge in [-0.15, -0.1) is 11.3 Å². The molecule has 0 bridgehead atoms. The lowest BCUT2D eigenvalue weighted by molar-refractivity contribution is 0.355. The molecule has 1 N–H and O–H groups in total. The van der Waals surface area contributed by atoms with Crippen molar-refractivity contribution in [3.63, 3.8) is 0 Å². The van der Waals surface area contributed by atoms with E-state index in [1.807, 2.05) is 0 Å². The van der Waals surface area contributed by atoms with Gasteiger partial charge in [-0.3, -0.25) is 4.79 Å². The topological polar surface area (TPSA) is 90.0 Å².